The summed E-state index contributed by atoms with van der Waals surface area (Å²) in [7, 11) is 0. The van der Waals surface area contributed by atoms with E-state index in [9.17, 15) is 4.79 Å². The van der Waals surface area contributed by atoms with E-state index in [0.29, 0.717) is 6.61 Å². The minimum Gasteiger partial charge on any atom is -0.487 e. The Bertz CT molecular complexity index is 1360. The van der Waals surface area contributed by atoms with E-state index in [1.165, 1.54) is 6.42 Å². The molecule has 1 N–H and O–H groups in total. The van der Waals surface area contributed by atoms with Crippen molar-refractivity contribution >= 4 is 33.9 Å². The van der Waals surface area contributed by atoms with Gasteiger partial charge in [-0.25, -0.2) is 9.78 Å². The number of nitrogens with zero attached hydrogens (tertiary/aromatic N) is 2. The van der Waals surface area contributed by atoms with E-state index in [1.807, 2.05) is 60.7 Å². The monoisotopic (exact) mass is 468 g/mol. The zero-order chi connectivity index (χ0) is 24.0. The fourth-order valence-corrected chi connectivity index (χ4v) is 4.98. The highest BCUT2D eigenvalue weighted by Crippen LogP contribution is 2.41. The second-order valence-corrected chi connectivity index (χ2v) is 8.98. The molecule has 35 heavy (non-hydrogen) atoms. The second-order valence-electron chi connectivity index (χ2n) is 8.98. The first-order chi connectivity index (χ1) is 17.2. The molecule has 1 aliphatic carbocycles. The number of pyridine rings is 1. The normalized spacial score (nSPS) is 15.4. The lowest BCUT2D eigenvalue weighted by Crippen LogP contribution is -2.18. The lowest BCUT2D eigenvalue weighted by molar-refractivity contribution is -0.129. The van der Waals surface area contributed by atoms with Crippen molar-refractivity contribution in [1.29, 1.82) is 0 Å². The van der Waals surface area contributed by atoms with E-state index in [0.717, 1.165) is 70.6 Å². The molecule has 1 aromatic heterocycles. The molecule has 1 heterocycles. The number of hydrogen-bond acceptors (Lipinski definition) is 5. The molecule has 1 saturated carbocycles. The quantitative estimate of drug-likeness (QED) is 0.231. The van der Waals surface area contributed by atoms with Crippen molar-refractivity contribution in [3.63, 3.8) is 0 Å². The summed E-state index contributed by atoms with van der Waals surface area (Å²) in [5.41, 5.74) is 2.82. The van der Waals surface area contributed by atoms with E-state index in [1.54, 1.807) is 0 Å². The number of oxime groups is 1. The van der Waals surface area contributed by atoms with Crippen LogP contribution < -0.4 is 4.74 Å². The molecule has 6 heteroatoms. The number of ether oxygens (including phenoxy) is 1. The summed E-state index contributed by atoms with van der Waals surface area (Å²) in [5.74, 6) is -0.0642. The largest absolute Gasteiger partial charge is 0.487 e. The first-order valence-corrected chi connectivity index (χ1v) is 12.1. The average Bonchev–Trinajstić information content (AvgIpc) is 2.90. The van der Waals surface area contributed by atoms with E-state index in [4.69, 9.17) is 19.7 Å². The summed E-state index contributed by atoms with van der Waals surface area (Å²) in [4.78, 5) is 21.5. The molecule has 0 aliphatic heterocycles. The Morgan fingerprint density at radius 1 is 0.971 bits per heavy atom. The zero-order valence-corrected chi connectivity index (χ0v) is 19.5. The third-order valence-corrected chi connectivity index (χ3v) is 6.67. The van der Waals surface area contributed by atoms with Gasteiger partial charge < -0.3 is 14.7 Å². The number of aromatic nitrogens is 1. The summed E-state index contributed by atoms with van der Waals surface area (Å²) in [5, 5.41) is 15.9. The molecule has 5 rings (SSSR count). The molecule has 6 nitrogen and oxygen atoms in total. The van der Waals surface area contributed by atoms with Crippen LogP contribution in [0, 0.1) is 5.92 Å². The predicted molar refractivity (Wildman–Crippen MR) is 137 cm³/mol. The number of carboxylic acids is 1. The van der Waals surface area contributed by atoms with Gasteiger partial charge in [-0.3, -0.25) is 0 Å². The summed E-state index contributed by atoms with van der Waals surface area (Å²) in [6.45, 7) is 0.361. The highest BCUT2D eigenvalue weighted by atomic mass is 16.6. The molecule has 178 valence electrons. The van der Waals surface area contributed by atoms with E-state index >= 15 is 0 Å². The van der Waals surface area contributed by atoms with E-state index in [2.05, 4.69) is 17.3 Å². The third-order valence-electron chi connectivity index (χ3n) is 6.67. The van der Waals surface area contributed by atoms with Crippen LogP contribution in [0.3, 0.4) is 0 Å². The number of para-hydroxylation sites is 1. The first kappa shape index (κ1) is 22.8. The number of carboxylic acid groups (broad SMARTS) is 1. The Labute approximate surface area is 204 Å². The number of carbonyl (C=O) groups is 1. The van der Waals surface area contributed by atoms with Crippen LogP contribution >= 0.6 is 0 Å². The lowest BCUT2D eigenvalue weighted by Gasteiger charge is -2.29. The molecule has 3 aromatic carbocycles. The van der Waals surface area contributed by atoms with Crippen molar-refractivity contribution in [3.05, 3.63) is 84.1 Å². The van der Waals surface area contributed by atoms with Crippen LogP contribution in [-0.4, -0.2) is 22.3 Å². The van der Waals surface area contributed by atoms with Gasteiger partial charge >= 0.3 is 5.97 Å². The van der Waals surface area contributed by atoms with Gasteiger partial charge in [0, 0.05) is 22.3 Å². The molecule has 0 amide bonds. The van der Waals surface area contributed by atoms with Gasteiger partial charge in [-0.15, -0.1) is 0 Å². The molecule has 0 radical (unpaired) electrons. The maximum absolute atomic E-state index is 11.0. The minimum atomic E-state index is -1.12. The van der Waals surface area contributed by atoms with Gasteiger partial charge in [-0.2, -0.15) is 0 Å². The van der Waals surface area contributed by atoms with E-state index < -0.39 is 5.97 Å². The molecule has 1 atom stereocenters. The van der Waals surface area contributed by atoms with Gasteiger partial charge in [0.1, 0.15) is 12.4 Å². The maximum atomic E-state index is 11.0. The van der Waals surface area contributed by atoms with Crippen LogP contribution in [0.25, 0.3) is 21.7 Å². The smallest absolute Gasteiger partial charge is 0.350 e. The summed E-state index contributed by atoms with van der Waals surface area (Å²) >= 11 is 0. The zero-order valence-electron chi connectivity index (χ0n) is 19.5. The van der Waals surface area contributed by atoms with Crippen LogP contribution in [0.2, 0.25) is 0 Å². The van der Waals surface area contributed by atoms with Crippen molar-refractivity contribution in [2.24, 2.45) is 11.1 Å². The van der Waals surface area contributed by atoms with Crippen LogP contribution in [0.4, 0.5) is 0 Å². The lowest BCUT2D eigenvalue weighted by atomic mass is 9.81. The van der Waals surface area contributed by atoms with Crippen LogP contribution in [0.1, 0.15) is 49.5 Å². The molecule has 0 spiro atoms. The Morgan fingerprint density at radius 2 is 1.74 bits per heavy atom. The molecule has 1 unspecified atom stereocenters. The van der Waals surface area contributed by atoms with Crippen molar-refractivity contribution in [2.75, 3.05) is 0 Å². The number of rotatable bonds is 8. The van der Waals surface area contributed by atoms with Crippen LogP contribution in [0.5, 0.6) is 5.75 Å². The Hall–Kier alpha value is -3.93. The Morgan fingerprint density at radius 3 is 2.57 bits per heavy atom. The minimum absolute atomic E-state index is 0.284. The third kappa shape index (κ3) is 5.27. The molecular weight excluding hydrogens is 440 g/mol. The molecule has 0 bridgehead atoms. The predicted octanol–water partition coefficient (Wildman–Crippen LogP) is 6.68. The summed E-state index contributed by atoms with van der Waals surface area (Å²) < 4.78 is 6.24. The van der Waals surface area contributed by atoms with Gasteiger partial charge in [0.15, 0.2) is 12.3 Å². The number of hydrogen-bond donors (Lipinski definition) is 1. The van der Waals surface area contributed by atoms with Gasteiger partial charge in [0.2, 0.25) is 0 Å². The standard InChI is InChI=1S/C29H28N2O4/c32-28(33)18-30-35-29(21-9-2-1-3-10-21)25-16-17-27(24-12-6-5-11-23(24)25)34-19-22-15-14-20-8-4-7-13-26(20)31-22/h4-8,11-18,21,29H,1-3,9-10,19H2,(H,32,33)/b30-18+. The van der Waals surface area contributed by atoms with Crippen molar-refractivity contribution in [2.45, 2.75) is 44.8 Å². The van der Waals surface area contributed by atoms with Crippen LogP contribution in [0.15, 0.2) is 78.0 Å². The van der Waals surface area contributed by atoms with Gasteiger partial charge in [0.05, 0.1) is 11.2 Å². The van der Waals surface area contributed by atoms with Crippen molar-refractivity contribution in [3.8, 4) is 5.75 Å². The number of fused-ring (bicyclic) bond motifs is 2. The van der Waals surface area contributed by atoms with Crippen LogP contribution in [-0.2, 0) is 16.2 Å². The molecule has 0 saturated heterocycles. The highest BCUT2D eigenvalue weighted by Gasteiger charge is 2.29. The first-order valence-electron chi connectivity index (χ1n) is 12.1. The summed E-state index contributed by atoms with van der Waals surface area (Å²) in [6, 6.07) is 24.2. The highest BCUT2D eigenvalue weighted by molar-refractivity contribution is 6.21. The number of aliphatic carboxylic acids is 1. The molecular formula is C29H28N2O4. The SMILES string of the molecule is O=C(O)/C=N/OC(c1ccc(OCc2ccc3ccccc3n2)c2ccccc12)C1CCCCC1. The van der Waals surface area contributed by atoms with Gasteiger partial charge in [-0.05, 0) is 36.4 Å². The molecule has 1 aliphatic rings. The Kier molecular flexibility index (Phi) is 6.89. The van der Waals surface area contributed by atoms with E-state index in [-0.39, 0.29) is 12.0 Å². The van der Waals surface area contributed by atoms with Crippen molar-refractivity contribution < 1.29 is 19.5 Å². The fraction of sp³-hybridized carbons (Fsp3) is 0.276. The Balaban J connectivity index is 1.44. The van der Waals surface area contributed by atoms with Gasteiger partial charge in [0.25, 0.3) is 0 Å². The van der Waals surface area contributed by atoms with Gasteiger partial charge in [-0.1, -0.05) is 79.0 Å². The fourth-order valence-electron chi connectivity index (χ4n) is 4.98. The topological polar surface area (TPSA) is 81.0 Å². The number of benzene rings is 3. The average molecular weight is 469 g/mol. The maximum Gasteiger partial charge on any atom is 0.350 e. The second kappa shape index (κ2) is 10.6. The molecule has 4 aromatic rings. The molecule has 1 fully saturated rings. The summed E-state index contributed by atoms with van der Waals surface area (Å²) in [6.07, 6.45) is 6.08. The van der Waals surface area contributed by atoms with Crippen molar-refractivity contribution in [1.82, 2.24) is 4.98 Å².